The normalized spacial score (nSPS) is 18.5. The minimum absolute atomic E-state index is 0.0106. The molecule has 7 heteroatoms. The Morgan fingerprint density at radius 1 is 1.28 bits per heavy atom. The van der Waals surface area contributed by atoms with Crippen molar-refractivity contribution in [2.24, 2.45) is 11.8 Å². The molecule has 0 aromatic heterocycles. The van der Waals surface area contributed by atoms with Gasteiger partial charge in [0.15, 0.2) is 0 Å². The molecule has 0 radical (unpaired) electrons. The molecule has 2 unspecified atom stereocenters. The second-order valence-corrected chi connectivity index (χ2v) is 4.58. The number of carboxylic acid groups (broad SMARTS) is 1. The quantitative estimate of drug-likeness (QED) is 0.631. The maximum absolute atomic E-state index is 11.7. The first-order valence-electron chi connectivity index (χ1n) is 5.86. The Bertz CT molecular complexity index is 352. The first kappa shape index (κ1) is 14.3. The number of carboxylic acids is 1. The van der Waals surface area contributed by atoms with Crippen molar-refractivity contribution in [2.75, 3.05) is 20.1 Å². The third-order valence-electron chi connectivity index (χ3n) is 3.27. The monoisotopic (exact) mass is 257 g/mol. The van der Waals surface area contributed by atoms with Crippen molar-refractivity contribution in [1.29, 1.82) is 0 Å². The molecular weight excluding hydrogens is 238 g/mol. The average Bonchev–Trinajstić information content (AvgIpc) is 2.25. The largest absolute Gasteiger partial charge is 0.481 e. The van der Waals surface area contributed by atoms with Gasteiger partial charge in [-0.05, 0) is 6.92 Å². The molecule has 18 heavy (non-hydrogen) atoms. The summed E-state index contributed by atoms with van der Waals surface area (Å²) in [7, 11) is 1.50. The van der Waals surface area contributed by atoms with Crippen LogP contribution in [-0.2, 0) is 9.59 Å². The molecule has 2 atom stereocenters. The van der Waals surface area contributed by atoms with Crippen LogP contribution in [0.15, 0.2) is 0 Å². The summed E-state index contributed by atoms with van der Waals surface area (Å²) in [5, 5.41) is 13.8. The lowest BCUT2D eigenvalue weighted by molar-refractivity contribution is -0.144. The summed E-state index contributed by atoms with van der Waals surface area (Å²) < 4.78 is 0. The number of hydrogen-bond donors (Lipinski definition) is 3. The van der Waals surface area contributed by atoms with Crippen LogP contribution < -0.4 is 10.6 Å². The summed E-state index contributed by atoms with van der Waals surface area (Å²) in [5.41, 5.74) is 0. The number of amides is 3. The number of nitrogens with zero attached hydrogens (tertiary/aromatic N) is 1. The van der Waals surface area contributed by atoms with Gasteiger partial charge in [0.25, 0.3) is 0 Å². The van der Waals surface area contributed by atoms with E-state index >= 15 is 0 Å². The van der Waals surface area contributed by atoms with Gasteiger partial charge in [0.2, 0.25) is 5.91 Å². The van der Waals surface area contributed by atoms with E-state index in [0.717, 1.165) is 0 Å². The number of carbonyl (C=O) groups excluding carboxylic acids is 2. The number of likely N-dealkylation sites (N-methyl/N-ethyl adjacent to an activating group) is 1. The summed E-state index contributed by atoms with van der Waals surface area (Å²) in [5.74, 6) is -1.58. The number of likely N-dealkylation sites (tertiary alicyclic amines) is 1. The molecule has 1 fully saturated rings. The number of nitrogens with one attached hydrogen (secondary N) is 2. The van der Waals surface area contributed by atoms with Gasteiger partial charge in [-0.2, -0.15) is 0 Å². The van der Waals surface area contributed by atoms with Crippen LogP contribution in [0, 0.1) is 11.8 Å². The minimum atomic E-state index is -0.848. The van der Waals surface area contributed by atoms with E-state index in [2.05, 4.69) is 10.6 Å². The molecular formula is C11H19N3O4. The lowest BCUT2D eigenvalue weighted by atomic mass is 9.87. The Kier molecular flexibility index (Phi) is 4.52. The van der Waals surface area contributed by atoms with Crippen molar-refractivity contribution in [3.8, 4) is 0 Å². The zero-order valence-electron chi connectivity index (χ0n) is 10.8. The van der Waals surface area contributed by atoms with E-state index in [1.54, 1.807) is 13.8 Å². The first-order chi connectivity index (χ1) is 8.36. The second-order valence-electron chi connectivity index (χ2n) is 4.58. The number of hydrogen-bond acceptors (Lipinski definition) is 3. The first-order valence-corrected chi connectivity index (χ1v) is 5.86. The SMILES string of the molecule is CNC(=O)C(C)NC(=O)N1CC(C(C)C(=O)O)C1. The Balaban J connectivity index is 2.35. The summed E-state index contributed by atoms with van der Waals surface area (Å²) in [4.78, 5) is 35.1. The average molecular weight is 257 g/mol. The lowest BCUT2D eigenvalue weighted by Crippen LogP contribution is -2.58. The zero-order chi connectivity index (χ0) is 13.9. The standard InChI is InChI=1S/C11H19N3O4/c1-6(10(16)17)8-4-14(5-8)11(18)13-7(2)9(15)12-3/h6-8H,4-5H2,1-3H3,(H,12,15)(H,13,18)(H,16,17). The highest BCUT2D eigenvalue weighted by molar-refractivity contribution is 5.86. The van der Waals surface area contributed by atoms with Crippen LogP contribution in [0.25, 0.3) is 0 Å². The molecule has 0 spiro atoms. The molecule has 102 valence electrons. The van der Waals surface area contributed by atoms with Crippen LogP contribution in [0.4, 0.5) is 4.79 Å². The highest BCUT2D eigenvalue weighted by Crippen LogP contribution is 2.23. The predicted molar refractivity (Wildman–Crippen MR) is 63.9 cm³/mol. The molecule has 0 bridgehead atoms. The van der Waals surface area contributed by atoms with Gasteiger partial charge >= 0.3 is 12.0 Å². The topological polar surface area (TPSA) is 98.7 Å². The fraction of sp³-hybridized carbons (Fsp3) is 0.727. The van der Waals surface area contributed by atoms with Crippen molar-refractivity contribution in [3.05, 3.63) is 0 Å². The summed E-state index contributed by atoms with van der Waals surface area (Å²) in [6, 6.07) is -0.932. The number of aliphatic carboxylic acids is 1. The van der Waals surface area contributed by atoms with E-state index in [9.17, 15) is 14.4 Å². The van der Waals surface area contributed by atoms with Crippen LogP contribution in [0.2, 0.25) is 0 Å². The fourth-order valence-electron chi connectivity index (χ4n) is 1.75. The third-order valence-corrected chi connectivity index (χ3v) is 3.27. The second kappa shape index (κ2) is 5.70. The van der Waals surface area contributed by atoms with Crippen LogP contribution in [0.3, 0.4) is 0 Å². The van der Waals surface area contributed by atoms with Gasteiger partial charge in [-0.3, -0.25) is 9.59 Å². The van der Waals surface area contributed by atoms with Crippen LogP contribution in [0.1, 0.15) is 13.8 Å². The number of carbonyl (C=O) groups is 3. The van der Waals surface area contributed by atoms with Crippen molar-refractivity contribution in [2.45, 2.75) is 19.9 Å². The van der Waals surface area contributed by atoms with Gasteiger partial charge in [0, 0.05) is 26.1 Å². The maximum atomic E-state index is 11.7. The molecule has 1 rings (SSSR count). The molecule has 3 amide bonds. The fourth-order valence-corrected chi connectivity index (χ4v) is 1.75. The Morgan fingerprint density at radius 3 is 2.28 bits per heavy atom. The van der Waals surface area contributed by atoms with Gasteiger partial charge < -0.3 is 20.6 Å². The highest BCUT2D eigenvalue weighted by Gasteiger charge is 2.37. The molecule has 0 aromatic rings. The number of urea groups is 1. The van der Waals surface area contributed by atoms with Crippen LogP contribution in [0.5, 0.6) is 0 Å². The summed E-state index contributed by atoms with van der Waals surface area (Å²) in [6.07, 6.45) is 0. The van der Waals surface area contributed by atoms with Gasteiger partial charge in [-0.1, -0.05) is 6.92 Å². The molecule has 1 aliphatic heterocycles. The molecule has 0 aromatic carbocycles. The zero-order valence-corrected chi connectivity index (χ0v) is 10.8. The van der Waals surface area contributed by atoms with Gasteiger partial charge in [-0.25, -0.2) is 4.79 Å². The Labute approximate surface area is 106 Å². The molecule has 1 aliphatic rings. The van der Waals surface area contributed by atoms with Crippen molar-refractivity contribution >= 4 is 17.9 Å². The van der Waals surface area contributed by atoms with Crippen LogP contribution in [-0.4, -0.2) is 54.1 Å². The highest BCUT2D eigenvalue weighted by atomic mass is 16.4. The van der Waals surface area contributed by atoms with E-state index in [0.29, 0.717) is 13.1 Å². The summed E-state index contributed by atoms with van der Waals surface area (Å²) >= 11 is 0. The van der Waals surface area contributed by atoms with E-state index < -0.39 is 17.9 Å². The molecule has 1 saturated heterocycles. The minimum Gasteiger partial charge on any atom is -0.481 e. The molecule has 0 saturated carbocycles. The van der Waals surface area contributed by atoms with E-state index in [-0.39, 0.29) is 17.9 Å². The van der Waals surface area contributed by atoms with Gasteiger partial charge in [0.1, 0.15) is 6.04 Å². The third kappa shape index (κ3) is 3.12. The smallest absolute Gasteiger partial charge is 0.318 e. The van der Waals surface area contributed by atoms with Crippen molar-refractivity contribution < 1.29 is 19.5 Å². The molecule has 3 N–H and O–H groups in total. The molecule has 7 nitrogen and oxygen atoms in total. The van der Waals surface area contributed by atoms with Crippen LogP contribution >= 0.6 is 0 Å². The predicted octanol–water partition coefficient (Wildman–Crippen LogP) is -0.517. The lowest BCUT2D eigenvalue weighted by Gasteiger charge is -2.41. The Morgan fingerprint density at radius 2 is 1.83 bits per heavy atom. The van der Waals surface area contributed by atoms with E-state index in [4.69, 9.17) is 5.11 Å². The van der Waals surface area contributed by atoms with E-state index in [1.807, 2.05) is 0 Å². The van der Waals surface area contributed by atoms with Crippen molar-refractivity contribution in [3.63, 3.8) is 0 Å². The Hall–Kier alpha value is -1.79. The maximum Gasteiger partial charge on any atom is 0.318 e. The van der Waals surface area contributed by atoms with Gasteiger partial charge in [-0.15, -0.1) is 0 Å². The summed E-state index contributed by atoms with van der Waals surface area (Å²) in [6.45, 7) is 4.06. The van der Waals surface area contributed by atoms with Crippen molar-refractivity contribution in [1.82, 2.24) is 15.5 Å². The van der Waals surface area contributed by atoms with Gasteiger partial charge in [0.05, 0.1) is 5.92 Å². The number of rotatable bonds is 4. The molecule has 1 heterocycles. The van der Waals surface area contributed by atoms with E-state index in [1.165, 1.54) is 11.9 Å². The molecule has 0 aliphatic carbocycles.